The summed E-state index contributed by atoms with van der Waals surface area (Å²) in [5.74, 6) is -0.0225. The second-order valence-corrected chi connectivity index (χ2v) is 5.70. The van der Waals surface area contributed by atoms with Crippen LogP contribution >= 0.6 is 0 Å². The first-order valence-electron chi connectivity index (χ1n) is 7.53. The van der Waals surface area contributed by atoms with E-state index in [1.807, 2.05) is 6.07 Å². The van der Waals surface area contributed by atoms with Gasteiger partial charge in [0.25, 0.3) is 0 Å². The summed E-state index contributed by atoms with van der Waals surface area (Å²) in [7, 11) is 1.43. The Morgan fingerprint density at radius 3 is 2.86 bits per heavy atom. The van der Waals surface area contributed by atoms with Crippen LogP contribution in [0, 0.1) is 11.7 Å². The summed E-state index contributed by atoms with van der Waals surface area (Å²) in [5, 5.41) is 0.842. The van der Waals surface area contributed by atoms with Crippen molar-refractivity contribution in [2.45, 2.75) is 19.3 Å². The van der Waals surface area contributed by atoms with Crippen molar-refractivity contribution < 1.29 is 13.9 Å². The number of halogens is 1. The van der Waals surface area contributed by atoms with Gasteiger partial charge in [-0.1, -0.05) is 0 Å². The number of aromatic nitrogens is 1. The Balaban J connectivity index is 1.76. The fourth-order valence-corrected chi connectivity index (χ4v) is 3.08. The minimum Gasteiger partial charge on any atom is -0.469 e. The molecule has 116 valence electrons. The van der Waals surface area contributed by atoms with Crippen molar-refractivity contribution in [2.75, 3.05) is 25.1 Å². The van der Waals surface area contributed by atoms with Crippen molar-refractivity contribution in [3.8, 4) is 0 Å². The average Bonchev–Trinajstić information content (AvgIpc) is 2.55. The smallest absolute Gasteiger partial charge is 0.305 e. The SMILES string of the molecule is COC(=O)CC1CCN(c2ccnc3ccc(F)cc23)CC1. The molecular weight excluding hydrogens is 283 g/mol. The van der Waals surface area contributed by atoms with Gasteiger partial charge < -0.3 is 9.64 Å². The van der Waals surface area contributed by atoms with Crippen molar-refractivity contribution in [3.05, 3.63) is 36.3 Å². The summed E-state index contributed by atoms with van der Waals surface area (Å²) in [6.07, 6.45) is 4.12. The molecule has 1 aliphatic rings. The number of rotatable bonds is 3. The molecule has 1 fully saturated rings. The number of benzene rings is 1. The van der Waals surface area contributed by atoms with Crippen LogP contribution in [-0.2, 0) is 9.53 Å². The highest BCUT2D eigenvalue weighted by Gasteiger charge is 2.23. The quantitative estimate of drug-likeness (QED) is 0.817. The molecule has 0 bridgehead atoms. The Kier molecular flexibility index (Phi) is 4.22. The number of hydrogen-bond acceptors (Lipinski definition) is 4. The van der Waals surface area contributed by atoms with Gasteiger partial charge in [0.15, 0.2) is 0 Å². The van der Waals surface area contributed by atoms with Crippen molar-refractivity contribution >= 4 is 22.6 Å². The van der Waals surface area contributed by atoms with Gasteiger partial charge >= 0.3 is 5.97 Å². The number of pyridine rings is 1. The third-order valence-electron chi connectivity index (χ3n) is 4.32. The maximum absolute atomic E-state index is 13.5. The number of ether oxygens (including phenoxy) is 1. The Bertz CT molecular complexity index is 681. The molecule has 0 saturated carbocycles. The standard InChI is InChI=1S/C17H19FN2O2/c1-22-17(21)10-12-5-8-20(9-6-12)16-4-7-19-15-3-2-13(18)11-14(15)16/h2-4,7,11-12H,5-6,8-10H2,1H3. The first-order valence-corrected chi connectivity index (χ1v) is 7.53. The molecule has 1 aromatic carbocycles. The number of fused-ring (bicyclic) bond motifs is 1. The van der Waals surface area contributed by atoms with E-state index >= 15 is 0 Å². The first kappa shape index (κ1) is 14.8. The molecule has 0 spiro atoms. The van der Waals surface area contributed by atoms with Crippen LogP contribution in [0.25, 0.3) is 10.9 Å². The molecule has 22 heavy (non-hydrogen) atoms. The number of nitrogens with zero attached hydrogens (tertiary/aromatic N) is 2. The molecule has 0 amide bonds. The third-order valence-corrected chi connectivity index (χ3v) is 4.32. The van der Waals surface area contributed by atoms with Crippen LogP contribution < -0.4 is 4.90 Å². The van der Waals surface area contributed by atoms with Gasteiger partial charge in [-0.2, -0.15) is 0 Å². The lowest BCUT2D eigenvalue weighted by Gasteiger charge is -2.33. The van der Waals surface area contributed by atoms with E-state index in [1.54, 1.807) is 12.3 Å². The summed E-state index contributed by atoms with van der Waals surface area (Å²) in [6.45, 7) is 1.72. The fourth-order valence-electron chi connectivity index (χ4n) is 3.08. The van der Waals surface area contributed by atoms with Gasteiger partial charge in [-0.15, -0.1) is 0 Å². The summed E-state index contributed by atoms with van der Waals surface area (Å²) >= 11 is 0. The Morgan fingerprint density at radius 2 is 2.14 bits per heavy atom. The van der Waals surface area contributed by atoms with Crippen LogP contribution in [0.1, 0.15) is 19.3 Å². The van der Waals surface area contributed by atoms with E-state index in [9.17, 15) is 9.18 Å². The molecule has 0 unspecified atom stereocenters. The average molecular weight is 302 g/mol. The minimum absolute atomic E-state index is 0.144. The topological polar surface area (TPSA) is 42.4 Å². The number of carbonyl (C=O) groups is 1. The van der Waals surface area contributed by atoms with Gasteiger partial charge in [-0.3, -0.25) is 9.78 Å². The van der Waals surface area contributed by atoms with Crippen LogP contribution in [0.2, 0.25) is 0 Å². The highest BCUT2D eigenvalue weighted by atomic mass is 19.1. The van der Waals surface area contributed by atoms with Gasteiger partial charge in [0.05, 0.1) is 12.6 Å². The lowest BCUT2D eigenvalue weighted by Crippen LogP contribution is -2.34. The molecule has 0 radical (unpaired) electrons. The Labute approximate surface area is 128 Å². The lowest BCUT2D eigenvalue weighted by atomic mass is 9.93. The highest BCUT2D eigenvalue weighted by Crippen LogP contribution is 2.30. The molecule has 4 nitrogen and oxygen atoms in total. The summed E-state index contributed by atoms with van der Waals surface area (Å²) < 4.78 is 18.3. The zero-order valence-corrected chi connectivity index (χ0v) is 12.6. The normalized spacial score (nSPS) is 16.0. The molecule has 3 rings (SSSR count). The number of carbonyl (C=O) groups excluding carboxylic acids is 1. The van der Waals surface area contributed by atoms with Crippen LogP contribution in [0.5, 0.6) is 0 Å². The molecule has 1 aliphatic heterocycles. The molecule has 0 N–H and O–H groups in total. The van der Waals surface area contributed by atoms with Crippen molar-refractivity contribution in [3.63, 3.8) is 0 Å². The number of hydrogen-bond donors (Lipinski definition) is 0. The summed E-state index contributed by atoms with van der Waals surface area (Å²) in [6, 6.07) is 6.61. The van der Waals surface area contributed by atoms with E-state index in [0.717, 1.165) is 42.5 Å². The van der Waals surface area contributed by atoms with Gasteiger partial charge in [0.1, 0.15) is 5.82 Å². The van der Waals surface area contributed by atoms with Crippen LogP contribution in [0.3, 0.4) is 0 Å². The monoisotopic (exact) mass is 302 g/mol. The highest BCUT2D eigenvalue weighted by molar-refractivity contribution is 5.91. The number of methoxy groups -OCH3 is 1. The number of anilines is 1. The largest absolute Gasteiger partial charge is 0.469 e. The van der Waals surface area contributed by atoms with Crippen molar-refractivity contribution in [2.24, 2.45) is 5.92 Å². The molecule has 5 heteroatoms. The van der Waals surface area contributed by atoms with Gasteiger partial charge in [-0.25, -0.2) is 4.39 Å². The van der Waals surface area contributed by atoms with E-state index in [2.05, 4.69) is 9.88 Å². The molecular formula is C17H19FN2O2. The predicted molar refractivity (Wildman–Crippen MR) is 83.3 cm³/mol. The minimum atomic E-state index is -0.248. The zero-order valence-electron chi connectivity index (χ0n) is 12.6. The fraction of sp³-hybridized carbons (Fsp3) is 0.412. The van der Waals surface area contributed by atoms with E-state index in [-0.39, 0.29) is 11.8 Å². The third kappa shape index (κ3) is 3.03. The van der Waals surface area contributed by atoms with Gasteiger partial charge in [0.2, 0.25) is 0 Å². The molecule has 0 aliphatic carbocycles. The maximum Gasteiger partial charge on any atom is 0.305 e. The predicted octanol–water partition coefficient (Wildman–Crippen LogP) is 3.15. The molecule has 2 heterocycles. The van der Waals surface area contributed by atoms with Crippen LogP contribution in [0.15, 0.2) is 30.5 Å². The Morgan fingerprint density at radius 1 is 1.36 bits per heavy atom. The summed E-state index contributed by atoms with van der Waals surface area (Å²) in [4.78, 5) is 17.9. The molecule has 1 aromatic heterocycles. The van der Waals surface area contributed by atoms with E-state index in [4.69, 9.17) is 4.74 Å². The second-order valence-electron chi connectivity index (χ2n) is 5.70. The first-order chi connectivity index (χ1) is 10.7. The van der Waals surface area contributed by atoms with Crippen LogP contribution in [-0.4, -0.2) is 31.2 Å². The van der Waals surface area contributed by atoms with Crippen molar-refractivity contribution in [1.82, 2.24) is 4.98 Å². The van der Waals surface area contributed by atoms with Gasteiger partial charge in [0, 0.05) is 36.8 Å². The zero-order chi connectivity index (χ0) is 15.5. The molecule has 0 atom stereocenters. The molecule has 2 aromatic rings. The van der Waals surface area contributed by atoms with Crippen molar-refractivity contribution in [1.29, 1.82) is 0 Å². The van der Waals surface area contributed by atoms with E-state index < -0.39 is 0 Å². The maximum atomic E-state index is 13.5. The lowest BCUT2D eigenvalue weighted by molar-refractivity contribution is -0.141. The number of esters is 1. The van der Waals surface area contributed by atoms with E-state index in [1.165, 1.54) is 19.2 Å². The number of piperidine rings is 1. The van der Waals surface area contributed by atoms with E-state index in [0.29, 0.717) is 12.3 Å². The summed E-state index contributed by atoms with van der Waals surface area (Å²) in [5.41, 5.74) is 1.82. The second kappa shape index (κ2) is 6.30. The van der Waals surface area contributed by atoms with Crippen LogP contribution in [0.4, 0.5) is 10.1 Å². The Hall–Kier alpha value is -2.17. The molecule has 1 saturated heterocycles. The van der Waals surface area contributed by atoms with Gasteiger partial charge in [-0.05, 0) is 43.0 Å².